The van der Waals surface area contributed by atoms with E-state index in [9.17, 15) is 28.6 Å². The third kappa shape index (κ3) is 9.45. The molecule has 0 aliphatic heterocycles. The molecule has 146 valence electrons. The van der Waals surface area contributed by atoms with E-state index in [1.807, 2.05) is 0 Å². The second-order valence-corrected chi connectivity index (χ2v) is 8.97. The van der Waals surface area contributed by atoms with E-state index in [-0.39, 0.29) is 23.5 Å². The lowest BCUT2D eigenvalue weighted by Crippen LogP contribution is -2.01. The zero-order valence-corrected chi connectivity index (χ0v) is 17.1. The Hall–Kier alpha value is -2.04. The monoisotopic (exact) mass is 478 g/mol. The first-order chi connectivity index (χ1) is 12.6. The molecule has 0 aliphatic carbocycles. The molecular formula is C16H16BrClN2O6S. The van der Waals surface area contributed by atoms with Crippen LogP contribution in [0.1, 0.15) is 11.1 Å². The second kappa shape index (κ2) is 11.0. The van der Waals surface area contributed by atoms with Gasteiger partial charge in [-0.3, -0.25) is 20.2 Å². The lowest BCUT2D eigenvalue weighted by molar-refractivity contribution is -0.385. The van der Waals surface area contributed by atoms with Gasteiger partial charge in [-0.25, -0.2) is 8.42 Å². The third-order valence-electron chi connectivity index (χ3n) is 3.31. The first-order valence-corrected chi connectivity index (χ1v) is 11.2. The Bertz CT molecular complexity index is 873. The minimum Gasteiger partial charge on any atom is -0.258 e. The Balaban J connectivity index is 0.000000277. The third-order valence-corrected chi connectivity index (χ3v) is 4.86. The molecule has 2 aromatic carbocycles. The molecule has 0 spiro atoms. The van der Waals surface area contributed by atoms with E-state index >= 15 is 0 Å². The van der Waals surface area contributed by atoms with Crippen molar-refractivity contribution in [3.63, 3.8) is 0 Å². The van der Waals surface area contributed by atoms with Crippen LogP contribution >= 0.6 is 26.6 Å². The van der Waals surface area contributed by atoms with E-state index in [0.29, 0.717) is 5.56 Å². The highest BCUT2D eigenvalue weighted by Gasteiger charge is 2.08. The van der Waals surface area contributed by atoms with Gasteiger partial charge in [-0.15, -0.1) is 0 Å². The number of benzene rings is 2. The lowest BCUT2D eigenvalue weighted by Gasteiger charge is -1.98. The number of nitro groups is 2. The van der Waals surface area contributed by atoms with Crippen molar-refractivity contribution in [1.82, 2.24) is 0 Å². The quantitative estimate of drug-likeness (QED) is 0.253. The highest BCUT2D eigenvalue weighted by molar-refractivity contribution is 9.09. The van der Waals surface area contributed by atoms with Crippen LogP contribution in [0.4, 0.5) is 11.4 Å². The summed E-state index contributed by atoms with van der Waals surface area (Å²) in [4.78, 5) is 19.7. The van der Waals surface area contributed by atoms with Crippen molar-refractivity contribution >= 4 is 47.0 Å². The fraction of sp³-hybridized carbons (Fsp3) is 0.250. The van der Waals surface area contributed by atoms with Crippen LogP contribution in [-0.4, -0.2) is 29.3 Å². The van der Waals surface area contributed by atoms with Gasteiger partial charge in [0.25, 0.3) is 11.4 Å². The van der Waals surface area contributed by atoms with Gasteiger partial charge >= 0.3 is 0 Å². The molecule has 0 saturated carbocycles. The van der Waals surface area contributed by atoms with Crippen molar-refractivity contribution in [2.45, 2.75) is 12.8 Å². The van der Waals surface area contributed by atoms with Gasteiger partial charge in [-0.05, 0) is 24.0 Å². The van der Waals surface area contributed by atoms with Crippen LogP contribution in [0, 0.1) is 20.2 Å². The summed E-state index contributed by atoms with van der Waals surface area (Å²) in [5, 5.41) is 21.5. The van der Waals surface area contributed by atoms with E-state index < -0.39 is 18.9 Å². The molecule has 0 bridgehead atoms. The van der Waals surface area contributed by atoms with Crippen molar-refractivity contribution in [2.24, 2.45) is 0 Å². The van der Waals surface area contributed by atoms with Gasteiger partial charge in [-0.1, -0.05) is 40.2 Å². The molecule has 0 N–H and O–H groups in total. The Morgan fingerprint density at radius 1 is 0.815 bits per heavy atom. The summed E-state index contributed by atoms with van der Waals surface area (Å²) in [5.74, 6) is -0.174. The molecule has 0 aromatic heterocycles. The van der Waals surface area contributed by atoms with Gasteiger partial charge in [0.1, 0.15) is 0 Å². The normalized spacial score (nSPS) is 10.6. The van der Waals surface area contributed by atoms with E-state index in [0.717, 1.165) is 17.3 Å². The number of alkyl halides is 1. The lowest BCUT2D eigenvalue weighted by atomic mass is 10.1. The molecule has 0 aliphatic rings. The minimum atomic E-state index is -3.51. The van der Waals surface area contributed by atoms with Crippen LogP contribution in [0.25, 0.3) is 0 Å². The van der Waals surface area contributed by atoms with Crippen molar-refractivity contribution in [1.29, 1.82) is 0 Å². The molecule has 0 amide bonds. The molecule has 2 rings (SSSR count). The number of hydrogen-bond acceptors (Lipinski definition) is 6. The molecule has 0 unspecified atom stereocenters. The number of halogens is 2. The molecular weight excluding hydrogens is 464 g/mol. The van der Waals surface area contributed by atoms with Crippen molar-refractivity contribution in [3.8, 4) is 0 Å². The fourth-order valence-electron chi connectivity index (χ4n) is 1.92. The zero-order valence-electron chi connectivity index (χ0n) is 14.0. The van der Waals surface area contributed by atoms with Gasteiger partial charge in [0.15, 0.2) is 0 Å². The SMILES string of the molecule is O=[N+]([O-])c1ccc(CCBr)cc1.O=[N+]([O-])c1ccc(CCS(=O)(=O)Cl)cc1. The summed E-state index contributed by atoms with van der Waals surface area (Å²) >= 11 is 3.30. The highest BCUT2D eigenvalue weighted by atomic mass is 79.9. The highest BCUT2D eigenvalue weighted by Crippen LogP contribution is 2.13. The first kappa shape index (κ1) is 23.0. The molecule has 11 heteroatoms. The molecule has 27 heavy (non-hydrogen) atoms. The standard InChI is InChI=1S/C8H8BrNO2.C8H8ClNO4S/c9-6-5-7-1-3-8(4-2-7)10(11)12;9-15(13,14)6-5-7-1-3-8(4-2-7)10(11)12/h1-4H,5-6H2;1-4H,5-6H2. The summed E-state index contributed by atoms with van der Waals surface area (Å²) < 4.78 is 21.3. The Morgan fingerprint density at radius 2 is 1.19 bits per heavy atom. The maximum absolute atomic E-state index is 10.6. The predicted octanol–water partition coefficient (Wildman–Crippen LogP) is 4.24. The van der Waals surface area contributed by atoms with Crippen LogP contribution in [0.3, 0.4) is 0 Å². The molecule has 2 aromatic rings. The molecule has 0 heterocycles. The van der Waals surface area contributed by atoms with E-state index in [1.54, 1.807) is 12.1 Å². The van der Waals surface area contributed by atoms with Crippen LogP contribution in [-0.2, 0) is 21.9 Å². The van der Waals surface area contributed by atoms with Gasteiger partial charge in [0, 0.05) is 40.3 Å². The minimum absolute atomic E-state index is 0.0209. The fourth-order valence-corrected chi connectivity index (χ4v) is 3.09. The van der Waals surface area contributed by atoms with Gasteiger partial charge in [-0.2, -0.15) is 0 Å². The van der Waals surface area contributed by atoms with Gasteiger partial charge in [0.05, 0.1) is 15.6 Å². The van der Waals surface area contributed by atoms with Crippen LogP contribution in [0.15, 0.2) is 48.5 Å². The molecule has 0 saturated heterocycles. The average Bonchev–Trinajstić information content (AvgIpc) is 2.61. The van der Waals surface area contributed by atoms with E-state index in [2.05, 4.69) is 15.9 Å². The topological polar surface area (TPSA) is 120 Å². The number of non-ortho nitro benzene ring substituents is 2. The van der Waals surface area contributed by atoms with Crippen LogP contribution in [0.2, 0.25) is 0 Å². The Kier molecular flexibility index (Phi) is 9.33. The average molecular weight is 480 g/mol. The zero-order chi connectivity index (χ0) is 20.4. The Labute approximate surface area is 169 Å². The molecule has 0 fully saturated rings. The van der Waals surface area contributed by atoms with E-state index in [4.69, 9.17) is 10.7 Å². The summed E-state index contributed by atoms with van der Waals surface area (Å²) in [6, 6.07) is 12.3. The second-order valence-electron chi connectivity index (χ2n) is 5.28. The molecule has 0 radical (unpaired) electrons. The molecule has 8 nitrogen and oxygen atoms in total. The number of hydrogen-bond donors (Lipinski definition) is 0. The van der Waals surface area contributed by atoms with Gasteiger partial charge in [0.2, 0.25) is 9.05 Å². The largest absolute Gasteiger partial charge is 0.269 e. The van der Waals surface area contributed by atoms with Crippen LogP contribution in [0.5, 0.6) is 0 Å². The van der Waals surface area contributed by atoms with Crippen molar-refractivity contribution in [2.75, 3.05) is 11.1 Å². The summed E-state index contributed by atoms with van der Waals surface area (Å²) in [7, 11) is 1.52. The number of aryl methyl sites for hydroxylation is 2. The summed E-state index contributed by atoms with van der Waals surface area (Å²) in [5.41, 5.74) is 1.93. The van der Waals surface area contributed by atoms with Crippen molar-refractivity contribution < 1.29 is 18.3 Å². The number of nitrogens with zero attached hydrogens (tertiary/aromatic N) is 2. The van der Waals surface area contributed by atoms with Gasteiger partial charge < -0.3 is 0 Å². The van der Waals surface area contributed by atoms with Crippen molar-refractivity contribution in [3.05, 3.63) is 79.9 Å². The Morgan fingerprint density at radius 3 is 1.48 bits per heavy atom. The van der Waals surface area contributed by atoms with E-state index in [1.165, 1.54) is 36.4 Å². The number of nitro benzene ring substituents is 2. The first-order valence-electron chi connectivity index (χ1n) is 7.57. The van der Waals surface area contributed by atoms with Crippen LogP contribution < -0.4 is 0 Å². The maximum Gasteiger partial charge on any atom is 0.269 e. The maximum atomic E-state index is 10.6. The summed E-state index contributed by atoms with van der Waals surface area (Å²) in [6.07, 6.45) is 1.15. The smallest absolute Gasteiger partial charge is 0.258 e. The molecule has 0 atom stereocenters. The predicted molar refractivity (Wildman–Crippen MR) is 107 cm³/mol. The number of rotatable bonds is 7. The summed E-state index contributed by atoms with van der Waals surface area (Å²) in [6.45, 7) is 0.